The van der Waals surface area contributed by atoms with Crippen molar-refractivity contribution < 1.29 is 14.7 Å². The van der Waals surface area contributed by atoms with E-state index >= 15 is 0 Å². The number of fused-ring (bicyclic) bond motifs is 1. The molecule has 2 aliphatic rings. The Balaban J connectivity index is 1.62. The number of carboxylic acid groups (broad SMARTS) is 1. The minimum atomic E-state index is -0.732. The molecule has 0 bridgehead atoms. The van der Waals surface area contributed by atoms with Gasteiger partial charge >= 0.3 is 5.97 Å². The summed E-state index contributed by atoms with van der Waals surface area (Å²) in [5.74, 6) is 0.349. The molecule has 1 aliphatic carbocycles. The number of hydrogen-bond donors (Lipinski definition) is 1. The molecule has 1 atom stereocenters. The molecule has 2 heterocycles. The quantitative estimate of drug-likeness (QED) is 0.930. The number of carbonyl (C=O) groups excluding carboxylic acids is 1. The van der Waals surface area contributed by atoms with Gasteiger partial charge in [-0.25, -0.2) is 0 Å². The maximum absolute atomic E-state index is 12.6. The molecule has 0 spiro atoms. The van der Waals surface area contributed by atoms with Gasteiger partial charge in [-0.3, -0.25) is 9.59 Å². The topological polar surface area (TPSA) is 57.6 Å². The molecule has 1 aromatic heterocycles. The number of hydrogen-bond acceptors (Lipinski definition) is 3. The van der Waals surface area contributed by atoms with Crippen LogP contribution in [0.2, 0.25) is 0 Å². The minimum Gasteiger partial charge on any atom is -0.481 e. The van der Waals surface area contributed by atoms with Crippen molar-refractivity contribution in [3.8, 4) is 0 Å². The number of carbonyl (C=O) groups is 2. The van der Waals surface area contributed by atoms with E-state index in [0.717, 1.165) is 36.5 Å². The summed E-state index contributed by atoms with van der Waals surface area (Å²) < 4.78 is 0. The molecule has 0 radical (unpaired) electrons. The largest absolute Gasteiger partial charge is 0.481 e. The average molecular weight is 321 g/mol. The Morgan fingerprint density at radius 1 is 1.32 bits per heavy atom. The van der Waals surface area contributed by atoms with Gasteiger partial charge < -0.3 is 10.0 Å². The molecule has 1 saturated heterocycles. The van der Waals surface area contributed by atoms with Gasteiger partial charge in [-0.1, -0.05) is 6.92 Å². The van der Waals surface area contributed by atoms with Crippen molar-refractivity contribution in [2.75, 3.05) is 13.1 Å². The fourth-order valence-corrected chi connectivity index (χ4v) is 4.73. The first-order valence-corrected chi connectivity index (χ1v) is 8.97. The number of carboxylic acids is 1. The van der Waals surface area contributed by atoms with E-state index in [1.165, 1.54) is 16.9 Å². The molecule has 0 aromatic carbocycles. The first kappa shape index (κ1) is 15.5. The molecule has 1 fully saturated rings. The van der Waals surface area contributed by atoms with E-state index in [2.05, 4.69) is 13.0 Å². The number of piperidine rings is 1. The molecule has 1 amide bonds. The third kappa shape index (κ3) is 3.35. The SMILES string of the molecule is CC1CCc2sc(C(=O)N3CCC(CC(=O)O)CC3)cc2C1. The highest BCUT2D eigenvalue weighted by Gasteiger charge is 2.27. The molecule has 4 nitrogen and oxygen atoms in total. The van der Waals surface area contributed by atoms with Crippen LogP contribution < -0.4 is 0 Å². The van der Waals surface area contributed by atoms with Gasteiger partial charge in [0.15, 0.2) is 0 Å². The maximum Gasteiger partial charge on any atom is 0.303 e. The maximum atomic E-state index is 12.6. The number of amides is 1. The molecule has 0 saturated carbocycles. The Morgan fingerprint density at radius 3 is 2.73 bits per heavy atom. The van der Waals surface area contributed by atoms with Crippen molar-refractivity contribution in [2.24, 2.45) is 11.8 Å². The number of rotatable bonds is 3. The second-order valence-corrected chi connectivity index (χ2v) is 7.88. The van der Waals surface area contributed by atoms with E-state index in [1.54, 1.807) is 11.3 Å². The summed E-state index contributed by atoms with van der Waals surface area (Å²) in [6.45, 7) is 3.65. The van der Waals surface area contributed by atoms with Crippen LogP contribution >= 0.6 is 11.3 Å². The van der Waals surface area contributed by atoms with Crippen molar-refractivity contribution in [3.05, 3.63) is 21.4 Å². The lowest BCUT2D eigenvalue weighted by Crippen LogP contribution is -2.38. The van der Waals surface area contributed by atoms with E-state index in [1.807, 2.05) is 4.90 Å². The Morgan fingerprint density at radius 2 is 2.05 bits per heavy atom. The van der Waals surface area contributed by atoms with E-state index < -0.39 is 5.97 Å². The molecule has 22 heavy (non-hydrogen) atoms. The Hall–Kier alpha value is -1.36. The highest BCUT2D eigenvalue weighted by atomic mass is 32.1. The van der Waals surface area contributed by atoms with Crippen LogP contribution in [0, 0.1) is 11.8 Å². The first-order valence-electron chi connectivity index (χ1n) is 8.15. The van der Waals surface area contributed by atoms with Gasteiger partial charge in [0, 0.05) is 24.4 Å². The monoisotopic (exact) mass is 321 g/mol. The van der Waals surface area contributed by atoms with Gasteiger partial charge in [0.25, 0.3) is 5.91 Å². The summed E-state index contributed by atoms with van der Waals surface area (Å²) in [7, 11) is 0. The summed E-state index contributed by atoms with van der Waals surface area (Å²) in [6.07, 6.45) is 5.27. The van der Waals surface area contributed by atoms with Crippen molar-refractivity contribution in [3.63, 3.8) is 0 Å². The molecule has 120 valence electrons. The number of aryl methyl sites for hydroxylation is 1. The minimum absolute atomic E-state index is 0.140. The fraction of sp³-hybridized carbons (Fsp3) is 0.647. The molecule has 1 aliphatic heterocycles. The predicted molar refractivity (Wildman–Crippen MR) is 86.4 cm³/mol. The Labute approximate surface area is 135 Å². The fourth-order valence-electron chi connectivity index (χ4n) is 3.55. The van der Waals surface area contributed by atoms with Crippen LogP contribution in [0.1, 0.15) is 52.7 Å². The van der Waals surface area contributed by atoms with E-state index in [-0.39, 0.29) is 18.2 Å². The van der Waals surface area contributed by atoms with Gasteiger partial charge in [-0.15, -0.1) is 11.3 Å². The second-order valence-electron chi connectivity index (χ2n) is 6.74. The van der Waals surface area contributed by atoms with Gasteiger partial charge in [0.05, 0.1) is 4.88 Å². The zero-order valence-electron chi connectivity index (χ0n) is 13.0. The van der Waals surface area contributed by atoms with Gasteiger partial charge in [0.1, 0.15) is 0 Å². The number of thiophene rings is 1. The molecule has 3 rings (SSSR count). The normalized spacial score (nSPS) is 22.4. The van der Waals surface area contributed by atoms with Crippen LogP contribution in [-0.4, -0.2) is 35.0 Å². The summed E-state index contributed by atoms with van der Waals surface area (Å²) in [5.41, 5.74) is 1.37. The summed E-state index contributed by atoms with van der Waals surface area (Å²) in [4.78, 5) is 27.6. The smallest absolute Gasteiger partial charge is 0.303 e. The number of nitrogens with zero attached hydrogens (tertiary/aromatic N) is 1. The van der Waals surface area contributed by atoms with E-state index in [9.17, 15) is 9.59 Å². The zero-order valence-corrected chi connectivity index (χ0v) is 13.8. The zero-order chi connectivity index (χ0) is 15.7. The van der Waals surface area contributed by atoms with Gasteiger partial charge in [0.2, 0.25) is 0 Å². The lowest BCUT2D eigenvalue weighted by Gasteiger charge is -2.31. The number of aliphatic carboxylic acids is 1. The van der Waals surface area contributed by atoms with Crippen molar-refractivity contribution >= 4 is 23.2 Å². The molecule has 1 aromatic rings. The summed E-state index contributed by atoms with van der Waals surface area (Å²) in [6, 6.07) is 2.10. The van der Waals surface area contributed by atoms with Crippen molar-refractivity contribution in [1.82, 2.24) is 4.90 Å². The standard InChI is InChI=1S/C17H23NO3S/c1-11-2-3-14-13(8-11)10-15(22-14)17(21)18-6-4-12(5-7-18)9-16(19)20/h10-12H,2-9H2,1H3,(H,19,20). The van der Waals surface area contributed by atoms with Crippen molar-refractivity contribution in [1.29, 1.82) is 0 Å². The molecule has 1 N–H and O–H groups in total. The first-order chi connectivity index (χ1) is 10.5. The molecule has 5 heteroatoms. The lowest BCUT2D eigenvalue weighted by atomic mass is 9.90. The van der Waals surface area contributed by atoms with Crippen LogP contribution in [0.4, 0.5) is 0 Å². The third-order valence-electron chi connectivity index (χ3n) is 4.91. The lowest BCUT2D eigenvalue weighted by molar-refractivity contribution is -0.138. The van der Waals surface area contributed by atoms with Crippen LogP contribution in [0.15, 0.2) is 6.07 Å². The van der Waals surface area contributed by atoms with Crippen LogP contribution in [0.3, 0.4) is 0 Å². The Bertz CT molecular complexity index is 572. The van der Waals surface area contributed by atoms with Crippen LogP contribution in [-0.2, 0) is 17.6 Å². The van der Waals surface area contributed by atoms with E-state index in [0.29, 0.717) is 13.1 Å². The second kappa shape index (κ2) is 6.41. The molecular formula is C17H23NO3S. The van der Waals surface area contributed by atoms with Gasteiger partial charge in [-0.05, 0) is 55.6 Å². The molecule has 1 unspecified atom stereocenters. The molecular weight excluding hydrogens is 298 g/mol. The number of likely N-dealkylation sites (tertiary alicyclic amines) is 1. The van der Waals surface area contributed by atoms with Crippen LogP contribution in [0.25, 0.3) is 0 Å². The summed E-state index contributed by atoms with van der Waals surface area (Å²) in [5, 5.41) is 8.85. The highest BCUT2D eigenvalue weighted by molar-refractivity contribution is 7.14. The average Bonchev–Trinajstić information content (AvgIpc) is 2.89. The van der Waals surface area contributed by atoms with E-state index in [4.69, 9.17) is 5.11 Å². The third-order valence-corrected chi connectivity index (χ3v) is 6.13. The summed E-state index contributed by atoms with van der Waals surface area (Å²) >= 11 is 1.67. The van der Waals surface area contributed by atoms with Crippen molar-refractivity contribution in [2.45, 2.75) is 45.4 Å². The highest BCUT2D eigenvalue weighted by Crippen LogP contribution is 2.33. The van der Waals surface area contributed by atoms with Gasteiger partial charge in [-0.2, -0.15) is 0 Å². The predicted octanol–water partition coefficient (Wildman–Crippen LogP) is 3.20. The van der Waals surface area contributed by atoms with Crippen LogP contribution in [0.5, 0.6) is 0 Å². The Kier molecular flexibility index (Phi) is 4.52.